The first-order valence-electron chi connectivity index (χ1n) is 8.37. The van der Waals surface area contributed by atoms with E-state index in [1.54, 1.807) is 0 Å². The molecule has 0 unspecified atom stereocenters. The number of hydrogen-bond donors (Lipinski definition) is 2. The van der Waals surface area contributed by atoms with Crippen LogP contribution in [0.15, 0.2) is 18.2 Å². The number of carbonyl (C=O) groups excluding carboxylic acids is 1. The van der Waals surface area contributed by atoms with Gasteiger partial charge in [0.15, 0.2) is 3.95 Å². The predicted octanol–water partition coefficient (Wildman–Crippen LogP) is 5.24. The van der Waals surface area contributed by atoms with Crippen LogP contribution >= 0.6 is 23.6 Å². The molecule has 2 aromatic rings. The van der Waals surface area contributed by atoms with E-state index in [0.29, 0.717) is 20.7 Å². The zero-order chi connectivity index (χ0) is 17.3. The fraction of sp³-hybridized carbons (Fsp3) is 0.444. The van der Waals surface area contributed by atoms with Gasteiger partial charge in [-0.2, -0.15) is 0 Å². The highest BCUT2D eigenvalue weighted by Crippen LogP contribution is 2.34. The van der Waals surface area contributed by atoms with E-state index in [2.05, 4.69) is 5.32 Å². The summed E-state index contributed by atoms with van der Waals surface area (Å²) in [5.74, 6) is 0.337. The molecule has 1 aromatic heterocycles. The first-order chi connectivity index (χ1) is 11.5. The number of aryl methyl sites for hydroxylation is 2. The monoisotopic (exact) mass is 361 g/mol. The largest absolute Gasteiger partial charge is 0.384 e. The van der Waals surface area contributed by atoms with Crippen LogP contribution in [0.3, 0.4) is 0 Å². The molecule has 4 nitrogen and oxygen atoms in total. The van der Waals surface area contributed by atoms with Gasteiger partial charge >= 0.3 is 0 Å². The summed E-state index contributed by atoms with van der Waals surface area (Å²) in [5.41, 5.74) is 9.32. The van der Waals surface area contributed by atoms with Crippen LogP contribution < -0.4 is 11.1 Å². The summed E-state index contributed by atoms with van der Waals surface area (Å²) >= 11 is 6.80. The number of benzene rings is 1. The van der Waals surface area contributed by atoms with Gasteiger partial charge < -0.3 is 15.6 Å². The number of anilines is 2. The van der Waals surface area contributed by atoms with Crippen LogP contribution in [-0.4, -0.2) is 10.5 Å². The second-order valence-corrected chi connectivity index (χ2v) is 8.16. The lowest BCUT2D eigenvalue weighted by Crippen LogP contribution is -2.18. The van der Waals surface area contributed by atoms with E-state index in [-0.39, 0.29) is 5.91 Å². The number of nitrogens with one attached hydrogen (secondary N) is 1. The van der Waals surface area contributed by atoms with Crippen LogP contribution in [0.1, 0.15) is 58.9 Å². The summed E-state index contributed by atoms with van der Waals surface area (Å²) in [5, 5.41) is 2.97. The molecule has 1 fully saturated rings. The van der Waals surface area contributed by atoms with Crippen LogP contribution in [0.25, 0.3) is 0 Å². The molecule has 1 aliphatic carbocycles. The zero-order valence-corrected chi connectivity index (χ0v) is 15.7. The minimum absolute atomic E-state index is 0.176. The Morgan fingerprint density at radius 1 is 1.29 bits per heavy atom. The van der Waals surface area contributed by atoms with E-state index in [9.17, 15) is 4.79 Å². The summed E-state index contributed by atoms with van der Waals surface area (Å²) in [4.78, 5) is 13.2. The van der Waals surface area contributed by atoms with Crippen LogP contribution in [0.4, 0.5) is 11.5 Å². The fourth-order valence-corrected chi connectivity index (χ4v) is 4.74. The number of aromatic nitrogens is 1. The molecule has 0 radical (unpaired) electrons. The molecule has 128 valence electrons. The molecule has 1 saturated carbocycles. The number of nitrogens with zero attached hydrogens (tertiary/aromatic N) is 1. The molecule has 1 amide bonds. The summed E-state index contributed by atoms with van der Waals surface area (Å²) in [6.45, 7) is 4.02. The number of nitrogen functional groups attached to an aromatic ring is 1. The third-order valence-corrected chi connectivity index (χ3v) is 6.07. The Kier molecular flexibility index (Phi) is 5.06. The fourth-order valence-electron chi connectivity index (χ4n) is 3.38. The highest BCUT2D eigenvalue weighted by molar-refractivity contribution is 7.73. The first-order valence-corrected chi connectivity index (χ1v) is 9.59. The van der Waals surface area contributed by atoms with Crippen molar-refractivity contribution in [1.29, 1.82) is 0 Å². The molecule has 6 heteroatoms. The maximum atomic E-state index is 12.7. The van der Waals surface area contributed by atoms with Gasteiger partial charge in [0, 0.05) is 11.7 Å². The van der Waals surface area contributed by atoms with Crippen molar-refractivity contribution >= 4 is 41.0 Å². The van der Waals surface area contributed by atoms with E-state index in [0.717, 1.165) is 24.1 Å². The standard InChI is InChI=1S/C18H23N3OS2/c1-11-8-9-14(12(2)10-11)20-17(22)15-16(19)21(18(23)24-15)13-6-4-3-5-7-13/h8-10,13H,3-7,19H2,1-2H3,(H,20,22). The Balaban J connectivity index is 1.86. The van der Waals surface area contributed by atoms with Gasteiger partial charge in [0.05, 0.1) is 0 Å². The third kappa shape index (κ3) is 3.39. The normalized spacial score (nSPS) is 15.4. The van der Waals surface area contributed by atoms with Gasteiger partial charge in [-0.15, -0.1) is 0 Å². The Bertz CT molecular complexity index is 816. The van der Waals surface area contributed by atoms with Crippen molar-refractivity contribution < 1.29 is 4.79 Å². The number of carbonyl (C=O) groups is 1. The maximum absolute atomic E-state index is 12.7. The molecule has 3 N–H and O–H groups in total. The number of thiazole rings is 1. The number of rotatable bonds is 3. The van der Waals surface area contributed by atoms with Crippen LogP contribution in [0, 0.1) is 17.8 Å². The lowest BCUT2D eigenvalue weighted by molar-refractivity contribution is 0.103. The molecule has 1 aliphatic rings. The highest BCUT2D eigenvalue weighted by Gasteiger charge is 2.23. The van der Waals surface area contributed by atoms with E-state index >= 15 is 0 Å². The lowest BCUT2D eigenvalue weighted by Gasteiger charge is -2.24. The molecular weight excluding hydrogens is 338 g/mol. The molecule has 0 saturated heterocycles. The van der Waals surface area contributed by atoms with E-state index in [1.165, 1.54) is 36.2 Å². The first kappa shape index (κ1) is 17.2. The zero-order valence-electron chi connectivity index (χ0n) is 14.1. The van der Waals surface area contributed by atoms with Crippen molar-refractivity contribution in [3.8, 4) is 0 Å². The van der Waals surface area contributed by atoms with Crippen LogP contribution in [-0.2, 0) is 0 Å². The van der Waals surface area contributed by atoms with Crippen LogP contribution in [0.5, 0.6) is 0 Å². The summed E-state index contributed by atoms with van der Waals surface area (Å²) in [7, 11) is 0. The molecule has 1 heterocycles. The minimum Gasteiger partial charge on any atom is -0.384 e. The van der Waals surface area contributed by atoms with Crippen molar-refractivity contribution in [3.05, 3.63) is 38.2 Å². The SMILES string of the molecule is Cc1ccc(NC(=O)c2sc(=S)n(C3CCCCC3)c2N)c(C)c1. The number of hydrogen-bond acceptors (Lipinski definition) is 4. The highest BCUT2D eigenvalue weighted by atomic mass is 32.1. The average molecular weight is 362 g/mol. The Morgan fingerprint density at radius 3 is 2.67 bits per heavy atom. The average Bonchev–Trinajstić information content (AvgIpc) is 2.85. The second-order valence-electron chi connectivity index (χ2n) is 6.52. The maximum Gasteiger partial charge on any atom is 0.269 e. The van der Waals surface area contributed by atoms with Gasteiger partial charge in [-0.05, 0) is 50.5 Å². The smallest absolute Gasteiger partial charge is 0.269 e. The topological polar surface area (TPSA) is 60.0 Å². The summed E-state index contributed by atoms with van der Waals surface area (Å²) < 4.78 is 2.70. The number of amides is 1. The Labute approximate surface area is 151 Å². The molecule has 0 spiro atoms. The predicted molar refractivity (Wildman–Crippen MR) is 104 cm³/mol. The molecule has 0 aliphatic heterocycles. The second kappa shape index (κ2) is 7.07. The van der Waals surface area contributed by atoms with Crippen molar-refractivity contribution in [3.63, 3.8) is 0 Å². The van der Waals surface area contributed by atoms with E-state index < -0.39 is 0 Å². The van der Waals surface area contributed by atoms with Crippen molar-refractivity contribution in [2.24, 2.45) is 0 Å². The molecule has 0 bridgehead atoms. The molecule has 0 atom stereocenters. The molecule has 1 aromatic carbocycles. The summed E-state index contributed by atoms with van der Waals surface area (Å²) in [6.07, 6.45) is 5.85. The van der Waals surface area contributed by atoms with Crippen molar-refractivity contribution in [2.75, 3.05) is 11.1 Å². The van der Waals surface area contributed by atoms with E-state index in [4.69, 9.17) is 18.0 Å². The van der Waals surface area contributed by atoms with Gasteiger partial charge in [0.2, 0.25) is 0 Å². The van der Waals surface area contributed by atoms with Gasteiger partial charge in [0.25, 0.3) is 5.91 Å². The third-order valence-electron chi connectivity index (χ3n) is 4.65. The molecule has 24 heavy (non-hydrogen) atoms. The van der Waals surface area contributed by atoms with Crippen molar-refractivity contribution in [2.45, 2.75) is 52.0 Å². The molecular formula is C18H23N3OS2. The number of nitrogens with two attached hydrogens (primary N) is 1. The quantitative estimate of drug-likeness (QED) is 0.735. The van der Waals surface area contributed by atoms with Gasteiger partial charge in [-0.25, -0.2) is 0 Å². The van der Waals surface area contributed by atoms with Crippen LogP contribution in [0.2, 0.25) is 0 Å². The van der Waals surface area contributed by atoms with Gasteiger partial charge in [-0.3, -0.25) is 4.79 Å². The van der Waals surface area contributed by atoms with Crippen molar-refractivity contribution in [1.82, 2.24) is 4.57 Å². The van der Waals surface area contributed by atoms with E-state index in [1.807, 2.05) is 36.6 Å². The van der Waals surface area contributed by atoms with Gasteiger partial charge in [0.1, 0.15) is 10.7 Å². The Morgan fingerprint density at radius 2 is 2.00 bits per heavy atom. The Hall–Kier alpha value is -1.66. The van der Waals surface area contributed by atoms with Gasteiger partial charge in [-0.1, -0.05) is 48.3 Å². The lowest BCUT2D eigenvalue weighted by atomic mass is 9.95. The molecule has 3 rings (SSSR count). The summed E-state index contributed by atoms with van der Waals surface area (Å²) in [6, 6.07) is 6.30. The minimum atomic E-state index is -0.176.